The van der Waals surface area contributed by atoms with Crippen LogP contribution in [0.1, 0.15) is 31.6 Å². The Morgan fingerprint density at radius 1 is 1.55 bits per heavy atom. The van der Waals surface area contributed by atoms with Crippen molar-refractivity contribution in [2.24, 2.45) is 11.7 Å². The maximum atomic E-state index is 5.77. The molecular weight excluding hydrogens is 256 g/mol. The van der Waals surface area contributed by atoms with Crippen LogP contribution in [0.4, 0.5) is 5.95 Å². The first-order valence-corrected chi connectivity index (χ1v) is 6.99. The molecule has 20 heavy (non-hydrogen) atoms. The first kappa shape index (κ1) is 13.0. The summed E-state index contributed by atoms with van der Waals surface area (Å²) < 4.78 is 1.75. The number of aromatic nitrogens is 6. The molecule has 0 spiro atoms. The molecule has 108 valence electrons. The molecule has 3 heterocycles. The molecule has 0 radical (unpaired) electrons. The fraction of sp³-hybridized carbons (Fsp3) is 0.667. The summed E-state index contributed by atoms with van der Waals surface area (Å²) in [5, 5.41) is 11.5. The number of nitrogens with two attached hydrogens (primary N) is 1. The number of H-pyrrole nitrogens is 1. The Hall–Kier alpha value is -1.96. The maximum absolute atomic E-state index is 5.77. The molecule has 2 aromatic heterocycles. The molecule has 3 N–H and O–H groups in total. The van der Waals surface area contributed by atoms with Crippen molar-refractivity contribution in [1.82, 2.24) is 29.9 Å². The summed E-state index contributed by atoms with van der Waals surface area (Å²) in [6.45, 7) is 4.66. The Kier molecular flexibility index (Phi) is 3.64. The van der Waals surface area contributed by atoms with Crippen LogP contribution in [-0.2, 0) is 0 Å². The lowest BCUT2D eigenvalue weighted by atomic mass is 9.99. The third-order valence-electron chi connectivity index (χ3n) is 3.86. The zero-order valence-electron chi connectivity index (χ0n) is 11.6. The summed E-state index contributed by atoms with van der Waals surface area (Å²) in [5.74, 6) is 2.09. The lowest BCUT2D eigenvalue weighted by Crippen LogP contribution is -2.39. The molecule has 0 saturated carbocycles. The monoisotopic (exact) mass is 276 g/mol. The second kappa shape index (κ2) is 5.58. The summed E-state index contributed by atoms with van der Waals surface area (Å²) in [5.41, 5.74) is 5.77. The maximum Gasteiger partial charge on any atom is 0.244 e. The predicted octanol–water partition coefficient (Wildman–Crippen LogP) is 0.181. The van der Waals surface area contributed by atoms with Crippen LogP contribution in [0.15, 0.2) is 12.7 Å². The molecule has 2 unspecified atom stereocenters. The highest BCUT2D eigenvalue weighted by molar-refractivity contribution is 5.30. The molecule has 1 aliphatic heterocycles. The van der Waals surface area contributed by atoms with E-state index in [1.54, 1.807) is 11.0 Å². The van der Waals surface area contributed by atoms with Crippen molar-refractivity contribution in [2.75, 3.05) is 24.5 Å². The number of anilines is 1. The second-order valence-corrected chi connectivity index (χ2v) is 5.26. The van der Waals surface area contributed by atoms with Crippen molar-refractivity contribution in [1.29, 1.82) is 0 Å². The van der Waals surface area contributed by atoms with Gasteiger partial charge in [-0.1, -0.05) is 0 Å². The van der Waals surface area contributed by atoms with E-state index in [-0.39, 0.29) is 6.04 Å². The van der Waals surface area contributed by atoms with Crippen molar-refractivity contribution in [3.05, 3.63) is 18.5 Å². The van der Waals surface area contributed by atoms with Crippen LogP contribution in [0.3, 0.4) is 0 Å². The van der Waals surface area contributed by atoms with E-state index in [4.69, 9.17) is 5.73 Å². The average Bonchev–Trinajstić information content (AvgIpc) is 3.18. The van der Waals surface area contributed by atoms with Gasteiger partial charge in [0.1, 0.15) is 18.7 Å². The lowest BCUT2D eigenvalue weighted by molar-refractivity contribution is 0.419. The highest BCUT2D eigenvalue weighted by Gasteiger charge is 2.23. The van der Waals surface area contributed by atoms with Gasteiger partial charge in [-0.15, -0.1) is 5.10 Å². The fourth-order valence-electron chi connectivity index (χ4n) is 2.58. The lowest BCUT2D eigenvalue weighted by Gasteiger charge is -2.31. The minimum Gasteiger partial charge on any atom is -0.339 e. The molecule has 2 atom stereocenters. The molecule has 0 aromatic carbocycles. The first-order valence-electron chi connectivity index (χ1n) is 6.99. The van der Waals surface area contributed by atoms with Crippen LogP contribution >= 0.6 is 0 Å². The van der Waals surface area contributed by atoms with Gasteiger partial charge < -0.3 is 10.6 Å². The van der Waals surface area contributed by atoms with Gasteiger partial charge in [-0.25, -0.2) is 9.67 Å². The smallest absolute Gasteiger partial charge is 0.244 e. The Balaban J connectivity index is 1.73. The largest absolute Gasteiger partial charge is 0.339 e. The summed E-state index contributed by atoms with van der Waals surface area (Å²) in [6, 6.07) is -0.00570. The van der Waals surface area contributed by atoms with Gasteiger partial charge in [0.05, 0.1) is 0 Å². The van der Waals surface area contributed by atoms with E-state index in [0.717, 1.165) is 37.8 Å². The highest BCUT2D eigenvalue weighted by Crippen LogP contribution is 2.21. The number of nitrogens with one attached hydrogen (secondary N) is 1. The van der Waals surface area contributed by atoms with Crippen LogP contribution < -0.4 is 10.6 Å². The fourth-order valence-corrected chi connectivity index (χ4v) is 2.58. The van der Waals surface area contributed by atoms with Crippen LogP contribution in [-0.4, -0.2) is 49.6 Å². The van der Waals surface area contributed by atoms with E-state index in [9.17, 15) is 0 Å². The molecule has 1 aliphatic rings. The van der Waals surface area contributed by atoms with E-state index in [1.165, 1.54) is 12.7 Å². The molecule has 1 saturated heterocycles. The van der Waals surface area contributed by atoms with Gasteiger partial charge in [-0.2, -0.15) is 10.1 Å². The van der Waals surface area contributed by atoms with Crippen LogP contribution in [0.25, 0.3) is 0 Å². The minimum atomic E-state index is -0.00570. The third kappa shape index (κ3) is 2.51. The van der Waals surface area contributed by atoms with Crippen LogP contribution in [0.5, 0.6) is 0 Å². The third-order valence-corrected chi connectivity index (χ3v) is 3.86. The van der Waals surface area contributed by atoms with E-state index in [2.05, 4.69) is 30.2 Å². The predicted molar refractivity (Wildman–Crippen MR) is 74.2 cm³/mol. The zero-order chi connectivity index (χ0) is 13.9. The van der Waals surface area contributed by atoms with E-state index < -0.39 is 0 Å². The number of rotatable bonds is 4. The number of aromatic amines is 1. The van der Waals surface area contributed by atoms with Crippen molar-refractivity contribution in [3.8, 4) is 0 Å². The SMILES string of the molecule is CC(c1nc(N2CCCC(CN)C2)n[nH]1)n1cncn1. The number of piperidine rings is 1. The minimum absolute atomic E-state index is 0.00570. The topological polar surface area (TPSA) is 102 Å². The van der Waals surface area contributed by atoms with E-state index >= 15 is 0 Å². The standard InChI is InChI=1S/C12H20N8/c1-9(20-8-14-7-15-20)11-16-12(18-17-11)19-4-2-3-10(5-13)6-19/h7-10H,2-6,13H2,1H3,(H,16,17,18). The van der Waals surface area contributed by atoms with Gasteiger partial charge >= 0.3 is 0 Å². The van der Waals surface area contributed by atoms with E-state index in [1.807, 2.05) is 6.92 Å². The van der Waals surface area contributed by atoms with Crippen molar-refractivity contribution < 1.29 is 0 Å². The van der Waals surface area contributed by atoms with Gasteiger partial charge in [0, 0.05) is 13.1 Å². The molecular formula is C12H20N8. The molecule has 8 nitrogen and oxygen atoms in total. The van der Waals surface area contributed by atoms with Crippen molar-refractivity contribution in [3.63, 3.8) is 0 Å². The number of nitrogens with zero attached hydrogens (tertiary/aromatic N) is 6. The summed E-state index contributed by atoms with van der Waals surface area (Å²) in [6.07, 6.45) is 5.53. The molecule has 2 aromatic rings. The first-order chi connectivity index (χ1) is 9.78. The molecule has 8 heteroatoms. The number of hydrogen-bond donors (Lipinski definition) is 2. The molecule has 1 fully saturated rings. The molecule has 0 amide bonds. The van der Waals surface area contributed by atoms with Gasteiger partial charge in [0.2, 0.25) is 5.95 Å². The zero-order valence-corrected chi connectivity index (χ0v) is 11.6. The summed E-state index contributed by atoms with van der Waals surface area (Å²) in [4.78, 5) is 10.7. The van der Waals surface area contributed by atoms with Gasteiger partial charge in [0.25, 0.3) is 0 Å². The normalized spacial score (nSPS) is 21.1. The van der Waals surface area contributed by atoms with Crippen LogP contribution in [0.2, 0.25) is 0 Å². The molecule has 0 aliphatic carbocycles. The Bertz CT molecular complexity index is 533. The Morgan fingerprint density at radius 2 is 2.45 bits per heavy atom. The van der Waals surface area contributed by atoms with E-state index in [0.29, 0.717) is 5.92 Å². The molecule has 3 rings (SSSR count). The van der Waals surface area contributed by atoms with Gasteiger partial charge in [-0.3, -0.25) is 5.10 Å². The Morgan fingerprint density at radius 3 is 3.20 bits per heavy atom. The van der Waals surface area contributed by atoms with Crippen LogP contribution in [0, 0.1) is 5.92 Å². The summed E-state index contributed by atoms with van der Waals surface area (Å²) >= 11 is 0. The quantitative estimate of drug-likeness (QED) is 0.826. The van der Waals surface area contributed by atoms with Crippen molar-refractivity contribution >= 4 is 5.95 Å². The summed E-state index contributed by atoms with van der Waals surface area (Å²) in [7, 11) is 0. The van der Waals surface area contributed by atoms with Gasteiger partial charge in [-0.05, 0) is 32.2 Å². The highest BCUT2D eigenvalue weighted by atomic mass is 15.4. The second-order valence-electron chi connectivity index (χ2n) is 5.26. The average molecular weight is 276 g/mol. The Labute approximate surface area is 117 Å². The molecule has 0 bridgehead atoms. The number of hydrogen-bond acceptors (Lipinski definition) is 6. The van der Waals surface area contributed by atoms with Gasteiger partial charge in [0.15, 0.2) is 5.82 Å². The van der Waals surface area contributed by atoms with Crippen molar-refractivity contribution in [2.45, 2.75) is 25.8 Å².